The molecule has 0 aromatic heterocycles. The monoisotopic (exact) mass is 357 g/mol. The number of hydrogen-bond donors (Lipinski definition) is 2. The van der Waals surface area contributed by atoms with E-state index in [-0.39, 0.29) is 5.91 Å². The summed E-state index contributed by atoms with van der Waals surface area (Å²) in [6, 6.07) is 3.30. The summed E-state index contributed by atoms with van der Waals surface area (Å²) >= 11 is 3.33. The molecule has 6 nitrogen and oxygen atoms in total. The minimum atomic E-state index is -1.04. The van der Waals surface area contributed by atoms with Crippen molar-refractivity contribution in [3.05, 3.63) is 28.2 Å². The normalized spacial score (nSPS) is 12.0. The molecule has 1 aromatic carbocycles. The van der Waals surface area contributed by atoms with Gasteiger partial charge in [-0.2, -0.15) is 0 Å². The van der Waals surface area contributed by atoms with Crippen LogP contribution in [0.5, 0.6) is 11.5 Å². The predicted molar refractivity (Wildman–Crippen MR) is 81.5 cm³/mol. The molecular weight excluding hydrogens is 342 g/mol. The third-order valence-electron chi connectivity index (χ3n) is 2.58. The predicted octanol–water partition coefficient (Wildman–Crippen LogP) is 2.07. The summed E-state index contributed by atoms with van der Waals surface area (Å²) < 4.78 is 11.4. The summed E-state index contributed by atoms with van der Waals surface area (Å²) in [5.74, 6) is -0.538. The minimum Gasteiger partial charge on any atom is -0.493 e. The van der Waals surface area contributed by atoms with Gasteiger partial charge in [-0.25, -0.2) is 4.79 Å². The molecule has 0 saturated carbocycles. The van der Waals surface area contributed by atoms with E-state index in [9.17, 15) is 9.59 Å². The van der Waals surface area contributed by atoms with Crippen LogP contribution in [-0.4, -0.2) is 37.2 Å². The first-order valence-electron chi connectivity index (χ1n) is 6.05. The van der Waals surface area contributed by atoms with Crippen molar-refractivity contribution in [1.29, 1.82) is 0 Å². The van der Waals surface area contributed by atoms with Crippen LogP contribution in [0.2, 0.25) is 0 Å². The van der Waals surface area contributed by atoms with E-state index < -0.39 is 12.1 Å². The van der Waals surface area contributed by atoms with Crippen molar-refractivity contribution in [1.82, 2.24) is 5.32 Å². The molecule has 114 valence electrons. The number of carboxylic acids is 1. The van der Waals surface area contributed by atoms with Gasteiger partial charge in [0.05, 0.1) is 11.6 Å². The molecule has 0 aliphatic rings. The number of hydrogen-bond acceptors (Lipinski definition) is 4. The lowest BCUT2D eigenvalue weighted by Crippen LogP contribution is -2.33. The third-order valence-corrected chi connectivity index (χ3v) is 3.17. The quantitative estimate of drug-likeness (QED) is 0.761. The average Bonchev–Trinajstić information content (AvgIpc) is 2.46. The van der Waals surface area contributed by atoms with E-state index in [4.69, 9.17) is 14.6 Å². The highest BCUT2D eigenvalue weighted by molar-refractivity contribution is 9.10. The van der Waals surface area contributed by atoms with Gasteiger partial charge in [0, 0.05) is 13.1 Å². The Bertz CT molecular complexity index is 571. The Kier molecular flexibility index (Phi) is 6.23. The standard InChI is InChI=1S/C14H16BrNO5/c1-8(14(19)16-2)21-13-10(15)6-9(4-5-12(17)18)7-11(13)20-3/h4-8H,1-3H3,(H,16,19)(H,17,18)/b5-4+. The third kappa shape index (κ3) is 4.78. The maximum absolute atomic E-state index is 11.5. The van der Waals surface area contributed by atoms with Crippen molar-refractivity contribution in [3.8, 4) is 11.5 Å². The molecule has 0 saturated heterocycles. The Labute approximate surface area is 130 Å². The van der Waals surface area contributed by atoms with Crippen molar-refractivity contribution in [2.75, 3.05) is 14.2 Å². The van der Waals surface area contributed by atoms with E-state index >= 15 is 0 Å². The average molecular weight is 358 g/mol. The number of carbonyl (C=O) groups excluding carboxylic acids is 1. The molecule has 1 aromatic rings. The zero-order valence-corrected chi connectivity index (χ0v) is 13.4. The summed E-state index contributed by atoms with van der Waals surface area (Å²) in [4.78, 5) is 22.0. The van der Waals surface area contributed by atoms with E-state index in [2.05, 4.69) is 21.2 Å². The van der Waals surface area contributed by atoms with Gasteiger partial charge in [-0.05, 0) is 46.6 Å². The van der Waals surface area contributed by atoms with Gasteiger partial charge >= 0.3 is 5.97 Å². The lowest BCUT2D eigenvalue weighted by molar-refractivity contribution is -0.131. The molecule has 0 bridgehead atoms. The molecule has 7 heteroatoms. The second-order valence-electron chi connectivity index (χ2n) is 4.08. The summed E-state index contributed by atoms with van der Waals surface area (Å²) in [5.41, 5.74) is 0.626. The Hall–Kier alpha value is -2.02. The lowest BCUT2D eigenvalue weighted by Gasteiger charge is -2.17. The Morgan fingerprint density at radius 3 is 2.62 bits per heavy atom. The van der Waals surface area contributed by atoms with Crippen LogP contribution in [0.3, 0.4) is 0 Å². The second-order valence-corrected chi connectivity index (χ2v) is 4.93. The van der Waals surface area contributed by atoms with Gasteiger partial charge < -0.3 is 19.9 Å². The van der Waals surface area contributed by atoms with E-state index in [1.165, 1.54) is 20.2 Å². The van der Waals surface area contributed by atoms with E-state index in [1.54, 1.807) is 19.1 Å². The number of likely N-dealkylation sites (N-methyl/N-ethyl adjacent to an activating group) is 1. The molecule has 1 unspecified atom stereocenters. The summed E-state index contributed by atoms with van der Waals surface area (Å²) in [5, 5.41) is 11.1. The molecule has 1 atom stereocenters. The van der Waals surface area contributed by atoms with Gasteiger partial charge in [0.15, 0.2) is 17.6 Å². The van der Waals surface area contributed by atoms with Crippen LogP contribution in [0.4, 0.5) is 0 Å². The highest BCUT2D eigenvalue weighted by Crippen LogP contribution is 2.37. The Morgan fingerprint density at radius 1 is 1.43 bits per heavy atom. The SMILES string of the molecule is CNC(=O)C(C)Oc1c(Br)cc(/C=C/C(=O)O)cc1OC. The first kappa shape index (κ1) is 17.0. The molecule has 2 N–H and O–H groups in total. The molecule has 21 heavy (non-hydrogen) atoms. The maximum Gasteiger partial charge on any atom is 0.328 e. The number of carboxylic acid groups (broad SMARTS) is 1. The number of amides is 1. The van der Waals surface area contributed by atoms with Crippen LogP contribution in [0, 0.1) is 0 Å². The van der Waals surface area contributed by atoms with Crippen LogP contribution < -0.4 is 14.8 Å². The fourth-order valence-corrected chi connectivity index (χ4v) is 2.10. The number of halogens is 1. The molecular formula is C14H16BrNO5. The number of aliphatic carboxylic acids is 1. The molecule has 0 spiro atoms. The van der Waals surface area contributed by atoms with E-state index in [0.29, 0.717) is 21.5 Å². The largest absolute Gasteiger partial charge is 0.493 e. The molecule has 0 fully saturated rings. The van der Waals surface area contributed by atoms with Gasteiger partial charge in [-0.3, -0.25) is 4.79 Å². The molecule has 0 radical (unpaired) electrons. The van der Waals surface area contributed by atoms with Crippen LogP contribution in [0.25, 0.3) is 6.08 Å². The minimum absolute atomic E-state index is 0.265. The summed E-state index contributed by atoms with van der Waals surface area (Å²) in [6.45, 7) is 1.61. The summed E-state index contributed by atoms with van der Waals surface area (Å²) in [6.07, 6.45) is 1.76. The van der Waals surface area contributed by atoms with Crippen LogP contribution in [-0.2, 0) is 9.59 Å². The van der Waals surface area contributed by atoms with Crippen molar-refractivity contribution in [3.63, 3.8) is 0 Å². The smallest absolute Gasteiger partial charge is 0.328 e. The number of rotatable bonds is 6. The van der Waals surface area contributed by atoms with E-state index in [1.807, 2.05) is 0 Å². The van der Waals surface area contributed by atoms with Gasteiger partial charge in [0.1, 0.15) is 0 Å². The summed E-state index contributed by atoms with van der Waals surface area (Å²) in [7, 11) is 2.98. The van der Waals surface area contributed by atoms with Crippen molar-refractivity contribution in [2.45, 2.75) is 13.0 Å². The molecule has 1 amide bonds. The van der Waals surface area contributed by atoms with Gasteiger partial charge in [-0.1, -0.05) is 0 Å². The maximum atomic E-state index is 11.5. The number of benzene rings is 1. The van der Waals surface area contributed by atoms with Gasteiger partial charge in [0.25, 0.3) is 5.91 Å². The van der Waals surface area contributed by atoms with E-state index in [0.717, 1.165) is 6.08 Å². The van der Waals surface area contributed by atoms with Gasteiger partial charge in [-0.15, -0.1) is 0 Å². The topological polar surface area (TPSA) is 84.9 Å². The van der Waals surface area contributed by atoms with Crippen LogP contribution in [0.15, 0.2) is 22.7 Å². The van der Waals surface area contributed by atoms with Crippen molar-refractivity contribution < 1.29 is 24.2 Å². The zero-order chi connectivity index (χ0) is 16.0. The number of methoxy groups -OCH3 is 1. The highest BCUT2D eigenvalue weighted by Gasteiger charge is 2.18. The molecule has 0 heterocycles. The molecule has 1 rings (SSSR count). The van der Waals surface area contributed by atoms with Crippen LogP contribution >= 0.6 is 15.9 Å². The van der Waals surface area contributed by atoms with Crippen LogP contribution in [0.1, 0.15) is 12.5 Å². The lowest BCUT2D eigenvalue weighted by atomic mass is 10.2. The second kappa shape index (κ2) is 7.68. The molecule has 0 aliphatic carbocycles. The van der Waals surface area contributed by atoms with Gasteiger partial charge in [0.2, 0.25) is 0 Å². The Balaban J connectivity index is 3.10. The van der Waals surface area contributed by atoms with Crippen molar-refractivity contribution >= 4 is 33.9 Å². The Morgan fingerprint density at radius 2 is 2.10 bits per heavy atom. The first-order valence-corrected chi connectivity index (χ1v) is 6.85. The number of nitrogens with one attached hydrogen (secondary N) is 1. The number of ether oxygens (including phenoxy) is 2. The first-order chi connectivity index (χ1) is 9.88. The van der Waals surface area contributed by atoms with Crippen molar-refractivity contribution in [2.24, 2.45) is 0 Å². The fourth-order valence-electron chi connectivity index (χ4n) is 1.55. The number of carbonyl (C=O) groups is 2. The highest BCUT2D eigenvalue weighted by atomic mass is 79.9. The fraction of sp³-hybridized carbons (Fsp3) is 0.286. The zero-order valence-electron chi connectivity index (χ0n) is 11.8. The molecule has 0 aliphatic heterocycles.